The van der Waals surface area contributed by atoms with Crippen LogP contribution in [0.1, 0.15) is 30.0 Å². The van der Waals surface area contributed by atoms with Crippen molar-refractivity contribution in [1.29, 1.82) is 0 Å². The monoisotopic (exact) mass is 469 g/mol. The lowest BCUT2D eigenvalue weighted by atomic mass is 10.2. The molecular formula is C18H17BrFN3O2S2. The maximum atomic E-state index is 13.3. The summed E-state index contributed by atoms with van der Waals surface area (Å²) in [7, 11) is 1.33. The molecule has 0 aliphatic heterocycles. The van der Waals surface area contributed by atoms with Crippen molar-refractivity contribution in [3.05, 3.63) is 45.9 Å². The van der Waals surface area contributed by atoms with E-state index in [2.05, 4.69) is 34.9 Å². The minimum absolute atomic E-state index is 0.288. The first kappa shape index (κ1) is 20.0. The molecule has 0 atom stereocenters. The van der Waals surface area contributed by atoms with Gasteiger partial charge >= 0.3 is 5.97 Å². The number of methoxy groups -OCH3 is 1. The molecule has 0 aliphatic carbocycles. The molecule has 9 heteroatoms. The van der Waals surface area contributed by atoms with Gasteiger partial charge in [0.25, 0.3) is 0 Å². The average Bonchev–Trinajstić information content (AvgIpc) is 3.16. The van der Waals surface area contributed by atoms with Crippen molar-refractivity contribution >= 4 is 45.0 Å². The van der Waals surface area contributed by atoms with Crippen molar-refractivity contribution in [3.8, 4) is 16.4 Å². The molecule has 2 heterocycles. The van der Waals surface area contributed by atoms with E-state index in [1.807, 2.05) is 0 Å². The third-order valence-corrected chi connectivity index (χ3v) is 6.78. The van der Waals surface area contributed by atoms with Gasteiger partial charge in [-0.25, -0.2) is 14.2 Å². The molecule has 0 amide bonds. The number of hydrogen-bond donors (Lipinski definition) is 0. The Labute approximate surface area is 173 Å². The topological polar surface area (TPSA) is 57.0 Å². The highest BCUT2D eigenvalue weighted by atomic mass is 79.9. The molecule has 0 saturated heterocycles. The van der Waals surface area contributed by atoms with Crippen LogP contribution >= 0.6 is 39.0 Å². The van der Waals surface area contributed by atoms with E-state index >= 15 is 0 Å². The predicted octanol–water partition coefficient (Wildman–Crippen LogP) is 5.49. The first-order chi connectivity index (χ1) is 12.8. The molecule has 0 radical (unpaired) electrons. The van der Waals surface area contributed by atoms with E-state index in [0.717, 1.165) is 15.5 Å². The first-order valence-corrected chi connectivity index (χ1v) is 10.6. The Morgan fingerprint density at radius 3 is 2.59 bits per heavy atom. The van der Waals surface area contributed by atoms with E-state index < -0.39 is 5.97 Å². The fraction of sp³-hybridized carbons (Fsp3) is 0.278. The molecule has 3 rings (SSSR count). The van der Waals surface area contributed by atoms with Gasteiger partial charge in [-0.2, -0.15) is 9.78 Å². The molecule has 0 fully saturated rings. The molecule has 2 aromatic heterocycles. The lowest BCUT2D eigenvalue weighted by Gasteiger charge is -2.04. The van der Waals surface area contributed by atoms with Crippen molar-refractivity contribution in [3.63, 3.8) is 0 Å². The van der Waals surface area contributed by atoms with Gasteiger partial charge in [0.2, 0.25) is 5.13 Å². The van der Waals surface area contributed by atoms with Gasteiger partial charge in [0.1, 0.15) is 5.82 Å². The van der Waals surface area contributed by atoms with Crippen molar-refractivity contribution in [2.45, 2.75) is 30.2 Å². The molecule has 27 heavy (non-hydrogen) atoms. The van der Waals surface area contributed by atoms with Crippen LogP contribution in [0.5, 0.6) is 0 Å². The number of hydrogen-bond acceptors (Lipinski definition) is 6. The number of benzene rings is 1. The normalized spacial score (nSPS) is 11.2. The molecule has 0 spiro atoms. The number of thiazole rings is 1. The molecule has 0 bridgehead atoms. The molecule has 3 aromatic rings. The molecule has 0 aliphatic rings. The molecule has 0 N–H and O–H groups in total. The third kappa shape index (κ3) is 4.09. The van der Waals surface area contributed by atoms with Gasteiger partial charge in [-0.05, 0) is 47.1 Å². The minimum Gasteiger partial charge on any atom is -0.464 e. The average molecular weight is 470 g/mol. The fourth-order valence-corrected chi connectivity index (χ4v) is 5.28. The van der Waals surface area contributed by atoms with Crippen LogP contribution in [0.15, 0.2) is 32.9 Å². The zero-order chi connectivity index (χ0) is 19.7. The Balaban J connectivity index is 2.17. The van der Waals surface area contributed by atoms with E-state index in [9.17, 15) is 9.18 Å². The number of thioether (sulfide) groups is 1. The van der Waals surface area contributed by atoms with E-state index in [0.29, 0.717) is 20.5 Å². The highest BCUT2D eigenvalue weighted by Gasteiger charge is 2.25. The number of carbonyl (C=O) groups is 1. The standard InChI is InChI=1S/C18H17BrFN3O2S2/c1-9(2)26-17-14(11-5-7-12(20)8-6-11)21-18(27-17)23-15(16(24)25-4)13(19)10(3)22-23/h5-9H,1-4H3. The lowest BCUT2D eigenvalue weighted by Crippen LogP contribution is -2.10. The first-order valence-electron chi connectivity index (χ1n) is 8.09. The Bertz CT molecular complexity index is 983. The van der Waals surface area contributed by atoms with Gasteiger partial charge in [0, 0.05) is 10.8 Å². The zero-order valence-electron chi connectivity index (χ0n) is 15.1. The SMILES string of the molecule is COC(=O)c1c(Br)c(C)nn1-c1nc(-c2ccc(F)cc2)c(SC(C)C)s1. The Hall–Kier alpha value is -1.71. The lowest BCUT2D eigenvalue weighted by molar-refractivity contribution is 0.0589. The summed E-state index contributed by atoms with van der Waals surface area (Å²) < 4.78 is 21.3. The fourth-order valence-electron chi connectivity index (χ4n) is 2.39. The second kappa shape index (κ2) is 8.12. The number of ether oxygens (including phenoxy) is 1. The second-order valence-corrected chi connectivity index (χ2v) is 9.57. The summed E-state index contributed by atoms with van der Waals surface area (Å²) in [6.07, 6.45) is 0. The molecular weight excluding hydrogens is 453 g/mol. The summed E-state index contributed by atoms with van der Waals surface area (Å²) in [4.78, 5) is 16.9. The van der Waals surface area contributed by atoms with Crippen LogP contribution in [-0.4, -0.2) is 33.1 Å². The number of halogens is 2. The van der Waals surface area contributed by atoms with Crippen LogP contribution in [0.25, 0.3) is 16.4 Å². The number of carbonyl (C=O) groups excluding carboxylic acids is 1. The summed E-state index contributed by atoms with van der Waals surface area (Å²) in [6, 6.07) is 6.22. The van der Waals surface area contributed by atoms with Gasteiger partial charge in [-0.3, -0.25) is 0 Å². The van der Waals surface area contributed by atoms with E-state index in [1.165, 1.54) is 35.3 Å². The van der Waals surface area contributed by atoms with E-state index in [-0.39, 0.29) is 11.5 Å². The number of aryl methyl sites for hydroxylation is 1. The quantitative estimate of drug-likeness (QED) is 0.365. The molecule has 1 aromatic carbocycles. The summed E-state index contributed by atoms with van der Waals surface area (Å²) in [5.41, 5.74) is 2.50. The van der Waals surface area contributed by atoms with Crippen LogP contribution in [0, 0.1) is 12.7 Å². The zero-order valence-corrected chi connectivity index (χ0v) is 18.3. The van der Waals surface area contributed by atoms with Gasteiger partial charge in [-0.15, -0.1) is 11.8 Å². The van der Waals surface area contributed by atoms with Crippen LogP contribution in [-0.2, 0) is 4.74 Å². The van der Waals surface area contributed by atoms with Crippen LogP contribution in [0.4, 0.5) is 4.39 Å². The van der Waals surface area contributed by atoms with Gasteiger partial charge in [-0.1, -0.05) is 25.2 Å². The Kier molecular flexibility index (Phi) is 6.02. The van der Waals surface area contributed by atoms with Crippen molar-refractivity contribution in [2.24, 2.45) is 0 Å². The highest BCUT2D eigenvalue weighted by molar-refractivity contribution is 9.10. The Morgan fingerprint density at radius 2 is 2.00 bits per heavy atom. The second-order valence-electron chi connectivity index (χ2n) is 5.96. The maximum absolute atomic E-state index is 13.3. The van der Waals surface area contributed by atoms with Crippen molar-refractivity contribution in [2.75, 3.05) is 7.11 Å². The van der Waals surface area contributed by atoms with Gasteiger partial charge < -0.3 is 4.74 Å². The molecule has 0 saturated carbocycles. The largest absolute Gasteiger partial charge is 0.464 e. The molecule has 5 nitrogen and oxygen atoms in total. The van der Waals surface area contributed by atoms with Crippen LogP contribution < -0.4 is 0 Å². The number of nitrogens with zero attached hydrogens (tertiary/aromatic N) is 3. The van der Waals surface area contributed by atoms with Crippen molar-refractivity contribution < 1.29 is 13.9 Å². The summed E-state index contributed by atoms with van der Waals surface area (Å²) in [6.45, 7) is 5.98. The third-order valence-electron chi connectivity index (χ3n) is 3.59. The van der Waals surface area contributed by atoms with E-state index in [4.69, 9.17) is 9.72 Å². The summed E-state index contributed by atoms with van der Waals surface area (Å²) in [5, 5.41) is 5.32. The van der Waals surface area contributed by atoms with Crippen LogP contribution in [0.2, 0.25) is 0 Å². The van der Waals surface area contributed by atoms with Gasteiger partial charge in [0.15, 0.2) is 5.69 Å². The summed E-state index contributed by atoms with van der Waals surface area (Å²) >= 11 is 6.50. The van der Waals surface area contributed by atoms with Crippen LogP contribution in [0.3, 0.4) is 0 Å². The van der Waals surface area contributed by atoms with Crippen molar-refractivity contribution in [1.82, 2.24) is 14.8 Å². The maximum Gasteiger partial charge on any atom is 0.358 e. The molecule has 142 valence electrons. The molecule has 0 unspecified atom stereocenters. The predicted molar refractivity (Wildman–Crippen MR) is 109 cm³/mol. The summed E-state index contributed by atoms with van der Waals surface area (Å²) in [5.74, 6) is -0.800. The number of rotatable bonds is 5. The smallest absolute Gasteiger partial charge is 0.358 e. The highest BCUT2D eigenvalue weighted by Crippen LogP contribution is 2.40. The van der Waals surface area contributed by atoms with Gasteiger partial charge in [0.05, 0.1) is 27.2 Å². The van der Waals surface area contributed by atoms with E-state index in [1.54, 1.807) is 30.8 Å². The number of aromatic nitrogens is 3. The minimum atomic E-state index is -0.501. The number of esters is 1. The Morgan fingerprint density at radius 1 is 1.33 bits per heavy atom.